The maximum Gasteiger partial charge on any atom is 0.311 e. The number of aromatic nitrogens is 3. The molecule has 10 heteroatoms. The molecule has 0 saturated heterocycles. The molecule has 3 aromatic rings. The molecule has 140 valence electrons. The highest BCUT2D eigenvalue weighted by Crippen LogP contribution is 2.52. The van der Waals surface area contributed by atoms with Gasteiger partial charge in [0.25, 0.3) is 0 Å². The molecular weight excluding hydrogens is 398 g/mol. The topological polar surface area (TPSA) is 86.3 Å². The molecule has 2 aliphatic heterocycles. The minimum Gasteiger partial charge on any atom is -0.490 e. The molecule has 0 fully saturated rings. The van der Waals surface area contributed by atoms with Crippen molar-refractivity contribution in [1.82, 2.24) is 14.9 Å². The van der Waals surface area contributed by atoms with Crippen molar-refractivity contribution in [3.8, 4) is 17.1 Å². The molecule has 0 bridgehead atoms. The van der Waals surface area contributed by atoms with Gasteiger partial charge >= 0.3 is 5.69 Å². The van der Waals surface area contributed by atoms with Gasteiger partial charge in [-0.3, -0.25) is 15.1 Å². The number of thioether (sulfide) groups is 2. The first-order valence-electron chi connectivity index (χ1n) is 8.33. The van der Waals surface area contributed by atoms with Crippen LogP contribution in [0.25, 0.3) is 11.4 Å². The zero-order chi connectivity index (χ0) is 19.3. The molecule has 28 heavy (non-hydrogen) atoms. The van der Waals surface area contributed by atoms with Crippen molar-refractivity contribution >= 4 is 29.2 Å². The minimum absolute atomic E-state index is 0.0480. The minimum atomic E-state index is -0.422. The lowest BCUT2D eigenvalue weighted by Gasteiger charge is -2.26. The lowest BCUT2D eigenvalue weighted by atomic mass is 10.1. The number of rotatable bonds is 4. The summed E-state index contributed by atoms with van der Waals surface area (Å²) < 4.78 is 7.11. The second kappa shape index (κ2) is 6.57. The first kappa shape index (κ1) is 17.1. The van der Waals surface area contributed by atoms with Crippen LogP contribution in [-0.2, 0) is 0 Å². The number of hydrogen-bond donors (Lipinski definition) is 0. The molecule has 0 aliphatic carbocycles. The summed E-state index contributed by atoms with van der Waals surface area (Å²) in [6.07, 6.45) is 0. The number of nitrogens with zero attached hydrogens (tertiary/aromatic N) is 5. The molecule has 8 nitrogen and oxygen atoms in total. The zero-order valence-electron chi connectivity index (χ0n) is 14.6. The summed E-state index contributed by atoms with van der Waals surface area (Å²) in [5.74, 6) is 0.984. The Morgan fingerprint density at radius 2 is 2.00 bits per heavy atom. The van der Waals surface area contributed by atoms with Gasteiger partial charge in [-0.25, -0.2) is 4.68 Å². The van der Waals surface area contributed by atoms with Crippen molar-refractivity contribution < 1.29 is 9.66 Å². The summed E-state index contributed by atoms with van der Waals surface area (Å²) in [7, 11) is 1.43. The lowest BCUT2D eigenvalue weighted by molar-refractivity contribution is -0.385. The molecule has 2 aliphatic rings. The molecule has 0 saturated carbocycles. The number of benzene rings is 2. The van der Waals surface area contributed by atoms with Gasteiger partial charge in [-0.05, 0) is 23.4 Å². The van der Waals surface area contributed by atoms with Gasteiger partial charge in [0.05, 0.1) is 12.0 Å². The van der Waals surface area contributed by atoms with Gasteiger partial charge in [-0.1, -0.05) is 48.2 Å². The third-order valence-corrected chi connectivity index (χ3v) is 6.68. The van der Waals surface area contributed by atoms with Crippen molar-refractivity contribution in [2.75, 3.05) is 12.1 Å². The summed E-state index contributed by atoms with van der Waals surface area (Å²) in [5.41, 5.74) is 1.72. The van der Waals surface area contributed by atoms with E-state index in [9.17, 15) is 10.1 Å². The molecule has 1 unspecified atom stereocenters. The second-order valence-corrected chi connectivity index (χ2v) is 8.01. The van der Waals surface area contributed by atoms with E-state index >= 15 is 0 Å². The van der Waals surface area contributed by atoms with Crippen molar-refractivity contribution in [3.63, 3.8) is 0 Å². The third kappa shape index (κ3) is 2.56. The van der Waals surface area contributed by atoms with Crippen LogP contribution in [0.3, 0.4) is 0 Å². The molecule has 1 aromatic heterocycles. The van der Waals surface area contributed by atoms with Crippen molar-refractivity contribution in [2.24, 2.45) is 0 Å². The Labute approximate surface area is 168 Å². The van der Waals surface area contributed by atoms with E-state index in [2.05, 4.69) is 20.6 Å². The third-order valence-electron chi connectivity index (χ3n) is 4.49. The van der Waals surface area contributed by atoms with Crippen LogP contribution < -0.4 is 9.75 Å². The van der Waals surface area contributed by atoms with Gasteiger partial charge < -0.3 is 4.74 Å². The van der Waals surface area contributed by atoms with Crippen LogP contribution >= 0.6 is 23.5 Å². The van der Waals surface area contributed by atoms with E-state index < -0.39 is 4.92 Å². The van der Waals surface area contributed by atoms with Gasteiger partial charge in [0.1, 0.15) is 10.4 Å². The van der Waals surface area contributed by atoms with E-state index in [1.54, 1.807) is 23.9 Å². The standard InChI is InChI=1S/C18H13N5O3S2/c1-26-14-8-7-12(9-13(14)23(24)25)17-21-15(10-27-17)28-18-20-19-16(22(18)21)11-5-3-2-4-6-11/h2-10,17H,1H3. The monoisotopic (exact) mass is 411 g/mol. The fourth-order valence-electron chi connectivity index (χ4n) is 3.23. The maximum atomic E-state index is 11.4. The van der Waals surface area contributed by atoms with E-state index in [1.807, 2.05) is 41.1 Å². The molecule has 1 atom stereocenters. The van der Waals surface area contributed by atoms with Gasteiger partial charge in [-0.2, -0.15) is 0 Å². The molecule has 0 N–H and O–H groups in total. The van der Waals surface area contributed by atoms with Crippen LogP contribution in [0.4, 0.5) is 5.69 Å². The Bertz CT molecular complexity index is 1120. The predicted molar refractivity (Wildman–Crippen MR) is 108 cm³/mol. The molecule has 2 aromatic carbocycles. The summed E-state index contributed by atoms with van der Waals surface area (Å²) in [4.78, 5) is 11.0. The average molecular weight is 411 g/mol. The Balaban J connectivity index is 1.59. The summed E-state index contributed by atoms with van der Waals surface area (Å²) in [6.45, 7) is 0. The van der Waals surface area contributed by atoms with Crippen LogP contribution in [0, 0.1) is 10.1 Å². The van der Waals surface area contributed by atoms with E-state index in [-0.39, 0.29) is 16.8 Å². The highest BCUT2D eigenvalue weighted by Gasteiger charge is 2.40. The number of ether oxygens (including phenoxy) is 1. The van der Waals surface area contributed by atoms with E-state index in [0.717, 1.165) is 27.1 Å². The van der Waals surface area contributed by atoms with Crippen LogP contribution in [0.2, 0.25) is 0 Å². The van der Waals surface area contributed by atoms with Gasteiger partial charge in [0.2, 0.25) is 5.16 Å². The van der Waals surface area contributed by atoms with Crippen LogP contribution in [0.5, 0.6) is 5.75 Å². The summed E-state index contributed by atoms with van der Waals surface area (Å²) in [6, 6.07) is 14.9. The van der Waals surface area contributed by atoms with E-state index in [4.69, 9.17) is 4.74 Å². The molecule has 5 rings (SSSR count). The molecule has 3 heterocycles. The smallest absolute Gasteiger partial charge is 0.311 e. The highest BCUT2D eigenvalue weighted by molar-refractivity contribution is 8.07. The highest BCUT2D eigenvalue weighted by atomic mass is 32.2. The Hall–Kier alpha value is -2.98. The predicted octanol–water partition coefficient (Wildman–Crippen LogP) is 4.15. The first-order valence-corrected chi connectivity index (χ1v) is 10.1. The molecule has 0 spiro atoms. The van der Waals surface area contributed by atoms with Gasteiger partial charge in [-0.15, -0.1) is 10.2 Å². The van der Waals surface area contributed by atoms with E-state index in [0.29, 0.717) is 0 Å². The van der Waals surface area contributed by atoms with Gasteiger partial charge in [0.15, 0.2) is 11.6 Å². The molecule has 0 amide bonds. The summed E-state index contributed by atoms with van der Waals surface area (Å²) in [5, 5.41) is 25.9. The summed E-state index contributed by atoms with van der Waals surface area (Å²) >= 11 is 3.13. The number of fused-ring (bicyclic) bond motifs is 3. The zero-order valence-corrected chi connectivity index (χ0v) is 16.2. The largest absolute Gasteiger partial charge is 0.490 e. The molecule has 0 radical (unpaired) electrons. The Morgan fingerprint density at radius 1 is 1.18 bits per heavy atom. The Morgan fingerprint density at radius 3 is 2.75 bits per heavy atom. The lowest BCUT2D eigenvalue weighted by Crippen LogP contribution is -2.29. The second-order valence-electron chi connectivity index (χ2n) is 6.06. The molecular formula is C18H13N5O3S2. The normalized spacial score (nSPS) is 17.2. The fourth-order valence-corrected chi connectivity index (χ4v) is 5.45. The van der Waals surface area contributed by atoms with Gasteiger partial charge in [0, 0.05) is 17.0 Å². The van der Waals surface area contributed by atoms with Crippen LogP contribution in [-0.4, -0.2) is 26.9 Å². The van der Waals surface area contributed by atoms with Crippen molar-refractivity contribution in [3.05, 3.63) is 74.6 Å². The quantitative estimate of drug-likeness (QED) is 0.467. The first-order chi connectivity index (χ1) is 13.7. The number of methoxy groups -OCH3 is 1. The van der Waals surface area contributed by atoms with Crippen LogP contribution in [0.1, 0.15) is 10.9 Å². The fraction of sp³-hybridized carbons (Fsp3) is 0.111. The number of nitro benzene ring substituents is 1. The van der Waals surface area contributed by atoms with Crippen molar-refractivity contribution in [1.29, 1.82) is 0 Å². The number of nitro groups is 1. The Kier molecular flexibility index (Phi) is 4.02. The average Bonchev–Trinajstić information content (AvgIpc) is 3.39. The SMILES string of the molecule is COc1ccc(C2SC=C3Sc4nnc(-c5ccccc5)n4N32)cc1[N+](=O)[O-]. The van der Waals surface area contributed by atoms with Crippen molar-refractivity contribution in [2.45, 2.75) is 10.5 Å². The van der Waals surface area contributed by atoms with Crippen LogP contribution in [0.15, 0.2) is 64.1 Å². The van der Waals surface area contributed by atoms with E-state index in [1.165, 1.54) is 18.9 Å². The number of hydrogen-bond acceptors (Lipinski definition) is 8. The maximum absolute atomic E-state index is 11.4.